The molecule has 1 heterocycles. The topological polar surface area (TPSA) is 53.8 Å². The number of aromatic nitrogens is 1. The predicted molar refractivity (Wildman–Crippen MR) is 59.8 cm³/mol. The van der Waals surface area contributed by atoms with Crippen molar-refractivity contribution in [1.82, 2.24) is 4.98 Å². The van der Waals surface area contributed by atoms with Crippen molar-refractivity contribution >= 4 is 6.29 Å². The van der Waals surface area contributed by atoms with Crippen LogP contribution >= 0.6 is 0 Å². The lowest BCUT2D eigenvalue weighted by molar-refractivity contribution is 0.112. The van der Waals surface area contributed by atoms with Crippen LogP contribution in [0.2, 0.25) is 0 Å². The number of benzene rings is 1. The van der Waals surface area contributed by atoms with E-state index in [0.717, 1.165) is 17.5 Å². The number of pyridine rings is 1. The smallest absolute Gasteiger partial charge is 0.150 e. The molecule has 3 heteroatoms. The van der Waals surface area contributed by atoms with Gasteiger partial charge in [-0.2, -0.15) is 5.26 Å². The fraction of sp³-hybridized carbons (Fsp3) is 0. The van der Waals surface area contributed by atoms with Crippen molar-refractivity contribution in [1.29, 1.82) is 5.26 Å². The first-order chi connectivity index (χ1) is 7.83. The van der Waals surface area contributed by atoms with Gasteiger partial charge in [-0.05, 0) is 18.2 Å². The summed E-state index contributed by atoms with van der Waals surface area (Å²) in [6.07, 6.45) is 2.32. The van der Waals surface area contributed by atoms with E-state index in [9.17, 15) is 4.79 Å². The minimum atomic E-state index is 0.523. The zero-order valence-electron chi connectivity index (χ0n) is 8.42. The molecular formula is C13H8N2O. The van der Waals surface area contributed by atoms with E-state index in [1.165, 1.54) is 6.20 Å². The van der Waals surface area contributed by atoms with Crippen LogP contribution in [0.5, 0.6) is 0 Å². The van der Waals surface area contributed by atoms with Gasteiger partial charge in [-0.25, -0.2) is 0 Å². The third kappa shape index (κ3) is 1.96. The van der Waals surface area contributed by atoms with Crippen LogP contribution in [0.25, 0.3) is 11.3 Å². The monoisotopic (exact) mass is 208 g/mol. The molecule has 0 saturated heterocycles. The van der Waals surface area contributed by atoms with Gasteiger partial charge >= 0.3 is 0 Å². The molecule has 0 amide bonds. The van der Waals surface area contributed by atoms with Gasteiger partial charge in [0.25, 0.3) is 0 Å². The first-order valence-electron chi connectivity index (χ1n) is 4.75. The van der Waals surface area contributed by atoms with E-state index in [1.54, 1.807) is 30.3 Å². The maximum atomic E-state index is 10.6. The van der Waals surface area contributed by atoms with Crippen molar-refractivity contribution in [3.05, 3.63) is 53.7 Å². The molecule has 0 saturated carbocycles. The number of aldehydes is 1. The second-order valence-corrected chi connectivity index (χ2v) is 3.29. The number of carbonyl (C=O) groups excluding carboxylic acids is 1. The summed E-state index contributed by atoms with van der Waals surface area (Å²) in [4.78, 5) is 14.8. The van der Waals surface area contributed by atoms with Crippen LogP contribution in [-0.2, 0) is 0 Å². The van der Waals surface area contributed by atoms with Crippen molar-refractivity contribution in [3.8, 4) is 17.3 Å². The summed E-state index contributed by atoms with van der Waals surface area (Å²) in [5.41, 5.74) is 2.76. The second-order valence-electron chi connectivity index (χ2n) is 3.29. The van der Waals surface area contributed by atoms with Crippen molar-refractivity contribution in [2.75, 3.05) is 0 Å². The Morgan fingerprint density at radius 1 is 1.25 bits per heavy atom. The Labute approximate surface area is 93.0 Å². The molecule has 0 radical (unpaired) electrons. The van der Waals surface area contributed by atoms with E-state index < -0.39 is 0 Å². The summed E-state index contributed by atoms with van der Waals surface area (Å²) in [7, 11) is 0. The fourth-order valence-corrected chi connectivity index (χ4v) is 1.40. The highest BCUT2D eigenvalue weighted by Crippen LogP contribution is 2.17. The van der Waals surface area contributed by atoms with Gasteiger partial charge in [0.1, 0.15) is 12.4 Å². The largest absolute Gasteiger partial charge is 0.298 e. The van der Waals surface area contributed by atoms with Crippen LogP contribution in [0.1, 0.15) is 15.9 Å². The highest BCUT2D eigenvalue weighted by atomic mass is 16.1. The summed E-state index contributed by atoms with van der Waals surface area (Å²) < 4.78 is 0. The van der Waals surface area contributed by atoms with Crippen molar-refractivity contribution in [2.45, 2.75) is 0 Å². The molecule has 3 nitrogen and oxygen atoms in total. The molecule has 0 spiro atoms. The Kier molecular flexibility index (Phi) is 2.75. The molecule has 2 aromatic rings. The van der Waals surface area contributed by atoms with Crippen molar-refractivity contribution < 1.29 is 4.79 Å². The van der Waals surface area contributed by atoms with Crippen LogP contribution in [-0.4, -0.2) is 11.3 Å². The van der Waals surface area contributed by atoms with Gasteiger partial charge in [-0.15, -0.1) is 0 Å². The summed E-state index contributed by atoms with van der Waals surface area (Å²) in [6.45, 7) is 0. The number of rotatable bonds is 2. The van der Waals surface area contributed by atoms with Crippen LogP contribution in [0.3, 0.4) is 0 Å². The highest BCUT2D eigenvalue weighted by Gasteiger charge is 2.00. The van der Waals surface area contributed by atoms with E-state index >= 15 is 0 Å². The second kappa shape index (κ2) is 4.37. The lowest BCUT2D eigenvalue weighted by atomic mass is 10.1. The molecule has 0 N–H and O–H groups in total. The van der Waals surface area contributed by atoms with Crippen LogP contribution in [0.4, 0.5) is 0 Å². The van der Waals surface area contributed by atoms with Crippen LogP contribution < -0.4 is 0 Å². The normalized spacial score (nSPS) is 9.44. The van der Waals surface area contributed by atoms with Crippen molar-refractivity contribution in [2.24, 2.45) is 0 Å². The van der Waals surface area contributed by atoms with Gasteiger partial charge in [0.05, 0.1) is 11.3 Å². The molecule has 0 atom stereocenters. The molecule has 0 aliphatic heterocycles. The van der Waals surface area contributed by atoms with E-state index in [4.69, 9.17) is 5.26 Å². The maximum absolute atomic E-state index is 10.6. The Morgan fingerprint density at radius 2 is 2.12 bits per heavy atom. The standard InChI is InChI=1S/C13H8N2O/c14-7-11-4-5-13(15-8-11)12-3-1-2-10(6-12)9-16/h1-6,8-9H. The molecule has 2 rings (SSSR count). The van der Waals surface area contributed by atoms with E-state index in [-0.39, 0.29) is 0 Å². The number of hydrogen-bond donors (Lipinski definition) is 0. The fourth-order valence-electron chi connectivity index (χ4n) is 1.40. The van der Waals surface area contributed by atoms with E-state index in [0.29, 0.717) is 11.1 Å². The zero-order chi connectivity index (χ0) is 11.4. The van der Waals surface area contributed by atoms with Gasteiger partial charge in [-0.1, -0.05) is 18.2 Å². The minimum Gasteiger partial charge on any atom is -0.298 e. The van der Waals surface area contributed by atoms with Gasteiger partial charge in [0.2, 0.25) is 0 Å². The third-order valence-corrected chi connectivity index (χ3v) is 2.21. The van der Waals surface area contributed by atoms with Crippen LogP contribution in [0.15, 0.2) is 42.6 Å². The molecule has 0 fully saturated rings. The molecule has 1 aromatic heterocycles. The summed E-state index contributed by atoms with van der Waals surface area (Å²) >= 11 is 0. The average molecular weight is 208 g/mol. The van der Waals surface area contributed by atoms with Gasteiger partial charge < -0.3 is 0 Å². The molecule has 1 aromatic carbocycles. The average Bonchev–Trinajstić information content (AvgIpc) is 2.39. The summed E-state index contributed by atoms with van der Waals surface area (Å²) in [5.74, 6) is 0. The first kappa shape index (κ1) is 10.1. The first-order valence-corrected chi connectivity index (χ1v) is 4.75. The number of hydrogen-bond acceptors (Lipinski definition) is 3. The molecule has 76 valence electrons. The highest BCUT2D eigenvalue weighted by molar-refractivity contribution is 5.78. The van der Waals surface area contributed by atoms with E-state index in [2.05, 4.69) is 4.98 Å². The maximum Gasteiger partial charge on any atom is 0.150 e. The number of nitriles is 1. The van der Waals surface area contributed by atoms with Gasteiger partial charge in [0.15, 0.2) is 0 Å². The lowest BCUT2D eigenvalue weighted by Crippen LogP contribution is -1.86. The molecule has 0 bridgehead atoms. The van der Waals surface area contributed by atoms with E-state index in [1.807, 2.05) is 12.1 Å². The Hall–Kier alpha value is -2.47. The molecule has 0 aliphatic carbocycles. The van der Waals surface area contributed by atoms with Crippen LogP contribution in [0, 0.1) is 11.3 Å². The van der Waals surface area contributed by atoms with Gasteiger partial charge in [0, 0.05) is 17.3 Å². The molecule has 0 aliphatic rings. The Morgan fingerprint density at radius 3 is 2.75 bits per heavy atom. The molecule has 0 unspecified atom stereocenters. The number of nitrogens with zero attached hydrogens (tertiary/aromatic N) is 2. The quantitative estimate of drug-likeness (QED) is 0.712. The molecular weight excluding hydrogens is 200 g/mol. The Bertz CT molecular complexity index is 553. The molecule has 16 heavy (non-hydrogen) atoms. The van der Waals surface area contributed by atoms with Gasteiger partial charge in [-0.3, -0.25) is 9.78 Å². The van der Waals surface area contributed by atoms with Crippen molar-refractivity contribution in [3.63, 3.8) is 0 Å². The predicted octanol–water partition coefficient (Wildman–Crippen LogP) is 2.43. The number of carbonyl (C=O) groups is 1. The Balaban J connectivity index is 2.42. The minimum absolute atomic E-state index is 0.523. The summed E-state index contributed by atoms with van der Waals surface area (Å²) in [5, 5.41) is 8.64. The SMILES string of the molecule is N#Cc1ccc(-c2cccc(C=O)c2)nc1. The summed E-state index contributed by atoms with van der Waals surface area (Å²) in [6, 6.07) is 12.7. The third-order valence-electron chi connectivity index (χ3n) is 2.21. The zero-order valence-corrected chi connectivity index (χ0v) is 8.42. The lowest BCUT2D eigenvalue weighted by Gasteiger charge is -2.00.